The summed E-state index contributed by atoms with van der Waals surface area (Å²) in [5.41, 5.74) is 4.55. The van der Waals surface area contributed by atoms with Gasteiger partial charge in [-0.15, -0.1) is 6.58 Å². The van der Waals surface area contributed by atoms with Crippen LogP contribution in [-0.4, -0.2) is 32.3 Å². The zero-order valence-corrected chi connectivity index (χ0v) is 8.58. The Hall–Kier alpha value is -1.13. The molecule has 0 atom stereocenters. The predicted molar refractivity (Wildman–Crippen MR) is 48.5 cm³/mol. The van der Waals surface area contributed by atoms with E-state index in [0.29, 0.717) is 0 Å². The van der Waals surface area contributed by atoms with Crippen LogP contribution in [-0.2, 0) is 20.2 Å². The Balaban J connectivity index is 5.48. The highest BCUT2D eigenvalue weighted by atomic mass is 32.3. The lowest BCUT2D eigenvalue weighted by Gasteiger charge is -2.15. The number of carbonyl (C=O) groups is 1. The average Bonchev–Trinajstić information content (AvgIpc) is 1.78. The van der Waals surface area contributed by atoms with Crippen LogP contribution in [0, 0.1) is 0 Å². The summed E-state index contributed by atoms with van der Waals surface area (Å²) in [5, 5.41) is 4.48. The third-order valence-corrected chi connectivity index (χ3v) is 4.28. The summed E-state index contributed by atoms with van der Waals surface area (Å²) in [7, 11) is -9.12. The minimum absolute atomic E-state index is 0.582. The van der Waals surface area contributed by atoms with Crippen LogP contribution >= 0.6 is 0 Å². The van der Waals surface area contributed by atoms with Gasteiger partial charge >= 0.3 is 16.2 Å². The number of nitrogens with two attached hydrogens (primary N) is 2. The lowest BCUT2D eigenvalue weighted by Crippen LogP contribution is -2.48. The molecule has 2 amide bonds. The van der Waals surface area contributed by atoms with E-state index < -0.39 is 35.7 Å². The van der Waals surface area contributed by atoms with Crippen LogP contribution in [0.1, 0.15) is 0 Å². The summed E-state index contributed by atoms with van der Waals surface area (Å²) >= 11 is 0. The zero-order valence-electron chi connectivity index (χ0n) is 6.95. The van der Waals surface area contributed by atoms with Gasteiger partial charge in [-0.2, -0.15) is 8.42 Å². The van der Waals surface area contributed by atoms with Crippen LogP contribution in [0.2, 0.25) is 0 Å². The van der Waals surface area contributed by atoms with Gasteiger partial charge in [-0.25, -0.2) is 18.4 Å². The Bertz CT molecular complexity index is 436. The van der Waals surface area contributed by atoms with Crippen LogP contribution in [0.4, 0.5) is 4.79 Å². The van der Waals surface area contributed by atoms with Crippen LogP contribution < -0.4 is 10.9 Å². The highest BCUT2D eigenvalue weighted by Crippen LogP contribution is 2.05. The molecule has 82 valence electrons. The van der Waals surface area contributed by atoms with Gasteiger partial charge in [0.1, 0.15) is 0 Å². The number of primary amides is 1. The number of hydrogen-bond donors (Lipinski definition) is 2. The first kappa shape index (κ1) is 12.9. The Morgan fingerprint density at radius 1 is 1.36 bits per heavy atom. The minimum Gasteiger partial charge on any atom is -0.350 e. The van der Waals surface area contributed by atoms with Gasteiger partial charge in [0, 0.05) is 0 Å². The standard InChI is InChI=1S/C4H9N3O5S2/c1-2-3-13(9,10)7(4(5)8)14(6,11)12/h2H,1,3H2,(H2,5,8)(H2,6,11,12). The minimum atomic E-state index is -4.72. The van der Waals surface area contributed by atoms with Gasteiger partial charge in [0.05, 0.1) is 5.75 Å². The lowest BCUT2D eigenvalue weighted by atomic mass is 10.8. The van der Waals surface area contributed by atoms with Crippen molar-refractivity contribution in [3.8, 4) is 0 Å². The molecule has 0 heterocycles. The maximum Gasteiger partial charge on any atom is 0.343 e. The topological polar surface area (TPSA) is 141 Å². The zero-order chi connectivity index (χ0) is 11.6. The number of sulfonamides is 1. The molecule has 0 aliphatic rings. The molecule has 0 spiro atoms. The van der Waals surface area contributed by atoms with Crippen LogP contribution in [0.5, 0.6) is 0 Å². The summed E-state index contributed by atoms with van der Waals surface area (Å²) in [6.45, 7) is 3.08. The fraction of sp³-hybridized carbons (Fsp3) is 0.250. The van der Waals surface area contributed by atoms with Crippen LogP contribution in [0.25, 0.3) is 0 Å². The van der Waals surface area contributed by atoms with Crippen molar-refractivity contribution in [3.05, 3.63) is 12.7 Å². The maximum atomic E-state index is 11.1. The SMILES string of the molecule is C=CCS(=O)(=O)N(C(N)=O)S(N)(=O)=O. The Morgan fingerprint density at radius 2 is 1.79 bits per heavy atom. The van der Waals surface area contributed by atoms with E-state index in [1.165, 1.54) is 0 Å². The van der Waals surface area contributed by atoms with Gasteiger partial charge in [0.25, 0.3) is 10.0 Å². The summed E-state index contributed by atoms with van der Waals surface area (Å²) in [5.74, 6) is -0.758. The molecule has 0 bridgehead atoms. The van der Waals surface area contributed by atoms with Crippen LogP contribution in [0.15, 0.2) is 12.7 Å². The lowest BCUT2D eigenvalue weighted by molar-refractivity contribution is 0.244. The molecule has 0 fully saturated rings. The Kier molecular flexibility index (Phi) is 3.62. The molecule has 0 aliphatic heterocycles. The largest absolute Gasteiger partial charge is 0.350 e. The van der Waals surface area contributed by atoms with Crippen molar-refractivity contribution in [3.63, 3.8) is 0 Å². The molecule has 14 heavy (non-hydrogen) atoms. The quantitative estimate of drug-likeness (QED) is 0.554. The number of urea groups is 1. The molecule has 0 saturated carbocycles. The third kappa shape index (κ3) is 2.97. The summed E-state index contributed by atoms with van der Waals surface area (Å²) in [6, 6.07) is -1.69. The molecule has 4 N–H and O–H groups in total. The van der Waals surface area contributed by atoms with Gasteiger partial charge < -0.3 is 5.73 Å². The van der Waals surface area contributed by atoms with Crippen molar-refractivity contribution in [1.82, 2.24) is 3.71 Å². The summed E-state index contributed by atoms with van der Waals surface area (Å²) in [4.78, 5) is 10.5. The predicted octanol–water partition coefficient (Wildman–Crippen LogP) is -1.91. The normalized spacial score (nSPS) is 12.1. The first-order valence-electron chi connectivity index (χ1n) is 3.09. The fourth-order valence-corrected chi connectivity index (χ4v) is 3.04. The summed E-state index contributed by atoms with van der Waals surface area (Å²) in [6.07, 6.45) is 0.899. The first-order chi connectivity index (χ1) is 6.13. The van der Waals surface area contributed by atoms with Crippen molar-refractivity contribution < 1.29 is 21.6 Å². The molecule has 8 nitrogen and oxygen atoms in total. The molecule has 10 heteroatoms. The fourth-order valence-electron chi connectivity index (χ4n) is 0.637. The average molecular weight is 243 g/mol. The molecular formula is C4H9N3O5S2. The number of carbonyl (C=O) groups excluding carboxylic acids is 1. The molecule has 0 aliphatic carbocycles. The van der Waals surface area contributed by atoms with Gasteiger partial charge in [0.15, 0.2) is 0 Å². The van der Waals surface area contributed by atoms with Gasteiger partial charge in [-0.3, -0.25) is 0 Å². The van der Waals surface area contributed by atoms with Crippen molar-refractivity contribution >= 4 is 26.3 Å². The first-order valence-corrected chi connectivity index (χ1v) is 6.20. The number of nitrogens with zero attached hydrogens (tertiary/aromatic N) is 1. The molecule has 0 unspecified atom stereocenters. The second kappa shape index (κ2) is 3.94. The van der Waals surface area contributed by atoms with Gasteiger partial charge in [-0.1, -0.05) is 9.79 Å². The molecule has 0 aromatic rings. The van der Waals surface area contributed by atoms with E-state index in [9.17, 15) is 21.6 Å². The van der Waals surface area contributed by atoms with Crippen LogP contribution in [0.3, 0.4) is 0 Å². The molecule has 0 radical (unpaired) electrons. The number of amides is 2. The molecule has 0 rings (SSSR count). The molecular weight excluding hydrogens is 234 g/mol. The van der Waals surface area contributed by atoms with E-state index in [1.54, 1.807) is 0 Å². The second-order valence-electron chi connectivity index (χ2n) is 2.15. The van der Waals surface area contributed by atoms with E-state index >= 15 is 0 Å². The van der Waals surface area contributed by atoms with E-state index in [2.05, 4.69) is 17.5 Å². The monoisotopic (exact) mass is 243 g/mol. The van der Waals surface area contributed by atoms with Crippen molar-refractivity contribution in [1.29, 1.82) is 0 Å². The van der Waals surface area contributed by atoms with Gasteiger partial charge in [-0.05, 0) is 0 Å². The number of hydrogen-bond acceptors (Lipinski definition) is 5. The maximum absolute atomic E-state index is 11.1. The number of rotatable bonds is 4. The Labute approximate surface area is 81.4 Å². The van der Waals surface area contributed by atoms with E-state index in [1.807, 2.05) is 0 Å². The molecule has 0 aromatic heterocycles. The van der Waals surface area contributed by atoms with Crippen molar-refractivity contribution in [2.24, 2.45) is 10.9 Å². The van der Waals surface area contributed by atoms with Gasteiger partial charge in [0.2, 0.25) is 0 Å². The molecule has 0 saturated heterocycles. The second-order valence-corrected chi connectivity index (χ2v) is 5.64. The Morgan fingerprint density at radius 3 is 2.00 bits per heavy atom. The van der Waals surface area contributed by atoms with E-state index in [4.69, 9.17) is 0 Å². The highest BCUT2D eigenvalue weighted by Gasteiger charge is 2.33. The smallest absolute Gasteiger partial charge is 0.343 e. The third-order valence-electron chi connectivity index (χ3n) is 0.992. The van der Waals surface area contributed by atoms with Crippen molar-refractivity contribution in [2.45, 2.75) is 0 Å². The van der Waals surface area contributed by atoms with Crippen molar-refractivity contribution in [2.75, 3.05) is 5.75 Å². The van der Waals surface area contributed by atoms with E-state index in [-0.39, 0.29) is 0 Å². The molecule has 0 aromatic carbocycles. The highest BCUT2D eigenvalue weighted by molar-refractivity contribution is 8.03. The summed E-state index contributed by atoms with van der Waals surface area (Å²) < 4.78 is 43.0. The van der Waals surface area contributed by atoms with E-state index in [0.717, 1.165) is 6.08 Å².